The van der Waals surface area contributed by atoms with Gasteiger partial charge in [-0.2, -0.15) is 0 Å². The van der Waals surface area contributed by atoms with Crippen molar-refractivity contribution in [3.05, 3.63) is 54.0 Å². The van der Waals surface area contributed by atoms with Gasteiger partial charge in [0.1, 0.15) is 5.52 Å². The largest absolute Gasteiger partial charge is 0.368 e. The molecule has 2 aliphatic heterocycles. The van der Waals surface area contributed by atoms with Crippen molar-refractivity contribution in [3.8, 4) is 0 Å². The molecule has 6 nitrogen and oxygen atoms in total. The van der Waals surface area contributed by atoms with E-state index in [4.69, 9.17) is 0 Å². The van der Waals surface area contributed by atoms with Crippen molar-refractivity contribution >= 4 is 16.9 Å². The topological polar surface area (TPSA) is 49.2 Å². The number of aromatic nitrogens is 3. The first-order valence-electron chi connectivity index (χ1n) is 10.4. The summed E-state index contributed by atoms with van der Waals surface area (Å²) in [4.78, 5) is 14.1. The molecular weight excluding hydrogens is 348 g/mol. The van der Waals surface area contributed by atoms with Gasteiger partial charge in [-0.05, 0) is 49.2 Å². The summed E-state index contributed by atoms with van der Waals surface area (Å²) in [6.07, 6.45) is 4.91. The maximum atomic E-state index is 4.48. The molecule has 3 aromatic rings. The van der Waals surface area contributed by atoms with Crippen LogP contribution in [0.4, 0.5) is 5.69 Å². The van der Waals surface area contributed by atoms with E-state index in [1.54, 1.807) is 0 Å². The van der Waals surface area contributed by atoms with Crippen LogP contribution < -0.4 is 10.2 Å². The Kier molecular flexibility index (Phi) is 4.74. The fraction of sp³-hybridized carbons (Fsp3) is 0.455. The number of rotatable bonds is 4. The maximum absolute atomic E-state index is 4.48. The van der Waals surface area contributed by atoms with Gasteiger partial charge in [0, 0.05) is 57.2 Å². The minimum atomic E-state index is 0.531. The first-order chi connectivity index (χ1) is 13.8. The van der Waals surface area contributed by atoms with Crippen molar-refractivity contribution in [3.63, 3.8) is 0 Å². The second-order valence-corrected chi connectivity index (χ2v) is 7.96. The van der Waals surface area contributed by atoms with Crippen LogP contribution in [-0.2, 0) is 19.5 Å². The number of anilines is 1. The molecule has 0 aliphatic carbocycles. The standard InChI is InChI=1S/C22H28N6/c1-17-15-27(21-6-2-4-18-7-9-23-14-19(18)21)12-10-26(17)11-13-28-16-25-20-5-3-8-24-22(20)28/h2-6,8,16-17,23H,7,9-15H2,1H3/t17-/m1/s1. The van der Waals surface area contributed by atoms with Crippen LogP contribution in [-0.4, -0.2) is 58.2 Å². The first-order valence-corrected chi connectivity index (χ1v) is 10.4. The molecule has 146 valence electrons. The fourth-order valence-electron chi connectivity index (χ4n) is 4.64. The van der Waals surface area contributed by atoms with E-state index in [-0.39, 0.29) is 0 Å². The van der Waals surface area contributed by atoms with Crippen LogP contribution in [0.3, 0.4) is 0 Å². The number of imidazole rings is 1. The number of nitrogens with zero attached hydrogens (tertiary/aromatic N) is 5. The molecule has 0 radical (unpaired) electrons. The Bertz CT molecular complexity index is 965. The van der Waals surface area contributed by atoms with Crippen LogP contribution >= 0.6 is 0 Å². The highest BCUT2D eigenvalue weighted by molar-refractivity contribution is 5.69. The van der Waals surface area contributed by atoms with E-state index >= 15 is 0 Å². The van der Waals surface area contributed by atoms with Gasteiger partial charge in [0.25, 0.3) is 0 Å². The summed E-state index contributed by atoms with van der Waals surface area (Å²) in [5.74, 6) is 0. The molecule has 1 atom stereocenters. The number of hydrogen-bond donors (Lipinski definition) is 1. The molecule has 1 fully saturated rings. The van der Waals surface area contributed by atoms with Gasteiger partial charge in [0.05, 0.1) is 6.33 Å². The number of nitrogens with one attached hydrogen (secondary N) is 1. The maximum Gasteiger partial charge on any atom is 0.159 e. The number of fused-ring (bicyclic) bond motifs is 2. The quantitative estimate of drug-likeness (QED) is 0.757. The Labute approximate surface area is 166 Å². The molecule has 1 aromatic carbocycles. The van der Waals surface area contributed by atoms with Gasteiger partial charge in [-0.1, -0.05) is 12.1 Å². The summed E-state index contributed by atoms with van der Waals surface area (Å²) in [6, 6.07) is 11.3. The Morgan fingerprint density at radius 3 is 3.00 bits per heavy atom. The second-order valence-electron chi connectivity index (χ2n) is 7.96. The zero-order valence-corrected chi connectivity index (χ0v) is 16.5. The van der Waals surface area contributed by atoms with Gasteiger partial charge < -0.3 is 14.8 Å². The molecule has 0 spiro atoms. The van der Waals surface area contributed by atoms with E-state index in [1.165, 1.54) is 16.8 Å². The number of hydrogen-bond acceptors (Lipinski definition) is 5. The van der Waals surface area contributed by atoms with Crippen LogP contribution in [0.1, 0.15) is 18.1 Å². The van der Waals surface area contributed by atoms with Crippen molar-refractivity contribution in [1.82, 2.24) is 24.8 Å². The fourth-order valence-corrected chi connectivity index (χ4v) is 4.64. The predicted molar refractivity (Wildman–Crippen MR) is 113 cm³/mol. The first kappa shape index (κ1) is 17.6. The highest BCUT2D eigenvalue weighted by Gasteiger charge is 2.26. The Morgan fingerprint density at radius 2 is 2.07 bits per heavy atom. The minimum absolute atomic E-state index is 0.531. The summed E-state index contributed by atoms with van der Waals surface area (Å²) < 4.78 is 2.17. The van der Waals surface area contributed by atoms with E-state index < -0.39 is 0 Å². The summed E-state index contributed by atoms with van der Waals surface area (Å²) in [5.41, 5.74) is 6.41. The molecule has 0 saturated carbocycles. The molecule has 28 heavy (non-hydrogen) atoms. The zero-order valence-electron chi connectivity index (χ0n) is 16.5. The van der Waals surface area contributed by atoms with Crippen molar-refractivity contribution in [2.75, 3.05) is 37.6 Å². The highest BCUT2D eigenvalue weighted by atomic mass is 15.3. The normalized spacial score (nSPS) is 20.5. The molecule has 5 rings (SSSR count). The van der Waals surface area contributed by atoms with Crippen LogP contribution in [0.2, 0.25) is 0 Å². The van der Waals surface area contributed by atoms with Crippen LogP contribution in [0, 0.1) is 0 Å². The molecule has 2 aromatic heterocycles. The van der Waals surface area contributed by atoms with Gasteiger partial charge >= 0.3 is 0 Å². The summed E-state index contributed by atoms with van der Waals surface area (Å²) in [6.45, 7) is 9.68. The summed E-state index contributed by atoms with van der Waals surface area (Å²) >= 11 is 0. The lowest BCUT2D eigenvalue weighted by Crippen LogP contribution is -2.53. The molecule has 0 unspecified atom stereocenters. The predicted octanol–water partition coefficient (Wildman–Crippen LogP) is 2.29. The van der Waals surface area contributed by atoms with Crippen LogP contribution in [0.15, 0.2) is 42.9 Å². The number of piperazine rings is 1. The van der Waals surface area contributed by atoms with E-state index in [0.29, 0.717) is 6.04 Å². The molecule has 2 aliphatic rings. The van der Waals surface area contributed by atoms with Gasteiger partial charge in [-0.25, -0.2) is 9.97 Å². The average Bonchev–Trinajstić information content (AvgIpc) is 3.16. The van der Waals surface area contributed by atoms with Gasteiger partial charge in [-0.3, -0.25) is 4.90 Å². The van der Waals surface area contributed by atoms with Gasteiger partial charge in [0.15, 0.2) is 5.65 Å². The molecule has 1 saturated heterocycles. The monoisotopic (exact) mass is 376 g/mol. The van der Waals surface area contributed by atoms with E-state index in [0.717, 1.165) is 63.4 Å². The molecule has 1 N–H and O–H groups in total. The third kappa shape index (κ3) is 3.27. The SMILES string of the molecule is C[C@@H]1CN(c2cccc3c2CNCC3)CCN1CCn1cnc2cccnc21. The van der Waals surface area contributed by atoms with E-state index in [1.807, 2.05) is 24.7 Å². The lowest BCUT2D eigenvalue weighted by Gasteiger charge is -2.42. The lowest BCUT2D eigenvalue weighted by atomic mass is 9.98. The van der Waals surface area contributed by atoms with Gasteiger partial charge in [0.2, 0.25) is 0 Å². The second kappa shape index (κ2) is 7.53. The van der Waals surface area contributed by atoms with Crippen molar-refractivity contribution in [2.24, 2.45) is 0 Å². The Hall–Kier alpha value is -2.44. The lowest BCUT2D eigenvalue weighted by molar-refractivity contribution is 0.183. The van der Waals surface area contributed by atoms with Gasteiger partial charge in [-0.15, -0.1) is 0 Å². The van der Waals surface area contributed by atoms with Crippen LogP contribution in [0.5, 0.6) is 0 Å². The third-order valence-corrected chi connectivity index (χ3v) is 6.23. The third-order valence-electron chi connectivity index (χ3n) is 6.23. The zero-order chi connectivity index (χ0) is 18.9. The Balaban J connectivity index is 1.25. The van der Waals surface area contributed by atoms with Crippen molar-refractivity contribution < 1.29 is 0 Å². The highest BCUT2D eigenvalue weighted by Crippen LogP contribution is 2.28. The average molecular weight is 377 g/mol. The molecule has 0 amide bonds. The minimum Gasteiger partial charge on any atom is -0.368 e. The molecule has 0 bridgehead atoms. The van der Waals surface area contributed by atoms with Crippen molar-refractivity contribution in [2.45, 2.75) is 32.5 Å². The van der Waals surface area contributed by atoms with Crippen LogP contribution in [0.25, 0.3) is 11.2 Å². The molecular formula is C22H28N6. The Morgan fingerprint density at radius 1 is 1.11 bits per heavy atom. The molecule has 6 heteroatoms. The number of benzene rings is 1. The molecule has 4 heterocycles. The summed E-state index contributed by atoms with van der Waals surface area (Å²) in [5, 5.41) is 3.54. The smallest absolute Gasteiger partial charge is 0.159 e. The van der Waals surface area contributed by atoms with Crippen molar-refractivity contribution in [1.29, 1.82) is 0 Å². The van der Waals surface area contributed by atoms with E-state index in [9.17, 15) is 0 Å². The number of pyridine rings is 1. The van der Waals surface area contributed by atoms with E-state index in [2.05, 4.69) is 54.8 Å². The summed E-state index contributed by atoms with van der Waals surface area (Å²) in [7, 11) is 0.